The molecular formula is C18H21N3O3. The Labute approximate surface area is 141 Å². The summed E-state index contributed by atoms with van der Waals surface area (Å²) in [6.45, 7) is 4.24. The molecule has 0 spiro atoms. The summed E-state index contributed by atoms with van der Waals surface area (Å²) in [6.07, 6.45) is 2.21. The molecule has 1 aliphatic heterocycles. The lowest BCUT2D eigenvalue weighted by Gasteiger charge is -2.30. The molecule has 1 aromatic carbocycles. The highest BCUT2D eigenvalue weighted by Crippen LogP contribution is 2.27. The Morgan fingerprint density at radius 1 is 1.33 bits per heavy atom. The van der Waals surface area contributed by atoms with Crippen molar-refractivity contribution in [3.8, 4) is 0 Å². The molecule has 6 heteroatoms. The highest BCUT2D eigenvalue weighted by Gasteiger charge is 2.24. The van der Waals surface area contributed by atoms with E-state index in [9.17, 15) is 9.59 Å². The maximum absolute atomic E-state index is 12.7. The first kappa shape index (κ1) is 16.2. The van der Waals surface area contributed by atoms with Gasteiger partial charge in [-0.05, 0) is 31.4 Å². The maximum atomic E-state index is 12.7. The normalized spacial score (nSPS) is 13.5. The first-order valence-corrected chi connectivity index (χ1v) is 8.16. The number of carbonyl (C=O) groups is 2. The van der Waals surface area contributed by atoms with Crippen LogP contribution in [-0.4, -0.2) is 30.1 Å². The van der Waals surface area contributed by atoms with E-state index in [2.05, 4.69) is 11.2 Å². The van der Waals surface area contributed by atoms with Crippen LogP contribution in [-0.2, 0) is 16.0 Å². The molecule has 0 unspecified atom stereocenters. The summed E-state index contributed by atoms with van der Waals surface area (Å²) < 4.78 is 5.03. The second-order valence-corrected chi connectivity index (χ2v) is 5.99. The van der Waals surface area contributed by atoms with E-state index in [1.165, 1.54) is 17.4 Å². The Hall–Kier alpha value is -2.63. The fraction of sp³-hybridized carbons (Fsp3) is 0.389. The van der Waals surface area contributed by atoms with Crippen LogP contribution in [0.3, 0.4) is 0 Å². The van der Waals surface area contributed by atoms with Crippen molar-refractivity contribution in [3.05, 3.63) is 41.7 Å². The fourth-order valence-corrected chi connectivity index (χ4v) is 3.05. The molecule has 3 rings (SSSR count). The second-order valence-electron chi connectivity index (χ2n) is 5.99. The third-order valence-corrected chi connectivity index (χ3v) is 4.23. The highest BCUT2D eigenvalue weighted by atomic mass is 16.5. The summed E-state index contributed by atoms with van der Waals surface area (Å²) >= 11 is 0. The zero-order valence-electron chi connectivity index (χ0n) is 14.0. The summed E-state index contributed by atoms with van der Waals surface area (Å²) in [7, 11) is 0. The minimum atomic E-state index is -0.157. The van der Waals surface area contributed by atoms with Crippen LogP contribution in [0, 0.1) is 6.92 Å². The molecule has 24 heavy (non-hydrogen) atoms. The van der Waals surface area contributed by atoms with Gasteiger partial charge >= 0.3 is 0 Å². The van der Waals surface area contributed by atoms with E-state index < -0.39 is 0 Å². The van der Waals surface area contributed by atoms with Crippen LogP contribution in [0.15, 0.2) is 34.9 Å². The van der Waals surface area contributed by atoms with Gasteiger partial charge in [0, 0.05) is 38.2 Å². The summed E-state index contributed by atoms with van der Waals surface area (Å²) in [4.78, 5) is 27.8. The van der Waals surface area contributed by atoms with E-state index in [-0.39, 0.29) is 18.2 Å². The van der Waals surface area contributed by atoms with Gasteiger partial charge in [-0.25, -0.2) is 0 Å². The zero-order chi connectivity index (χ0) is 17.1. The average Bonchev–Trinajstić information content (AvgIpc) is 3.00. The van der Waals surface area contributed by atoms with Crippen molar-refractivity contribution in [3.63, 3.8) is 0 Å². The van der Waals surface area contributed by atoms with Crippen molar-refractivity contribution in [2.45, 2.75) is 33.1 Å². The molecule has 0 fully saturated rings. The van der Waals surface area contributed by atoms with Gasteiger partial charge in [-0.2, -0.15) is 0 Å². The number of hydrogen-bond acceptors (Lipinski definition) is 4. The van der Waals surface area contributed by atoms with Gasteiger partial charge in [-0.1, -0.05) is 23.4 Å². The van der Waals surface area contributed by atoms with Crippen molar-refractivity contribution in [2.75, 3.05) is 22.9 Å². The monoisotopic (exact) mass is 327 g/mol. The summed E-state index contributed by atoms with van der Waals surface area (Å²) in [5, 5.41) is 3.87. The molecule has 2 heterocycles. The van der Waals surface area contributed by atoms with Crippen molar-refractivity contribution < 1.29 is 14.1 Å². The molecule has 2 aromatic rings. The third kappa shape index (κ3) is 3.32. The van der Waals surface area contributed by atoms with Crippen LogP contribution in [0.25, 0.3) is 0 Å². The van der Waals surface area contributed by atoms with Crippen molar-refractivity contribution in [2.24, 2.45) is 0 Å². The lowest BCUT2D eigenvalue weighted by molar-refractivity contribution is -0.118. The molecule has 126 valence electrons. The number of aromatic nitrogens is 1. The Kier molecular flexibility index (Phi) is 4.64. The Morgan fingerprint density at radius 3 is 2.83 bits per heavy atom. The van der Waals surface area contributed by atoms with Crippen LogP contribution in [0.2, 0.25) is 0 Å². The molecule has 0 aliphatic carbocycles. The lowest BCUT2D eigenvalue weighted by Crippen LogP contribution is -2.39. The van der Waals surface area contributed by atoms with E-state index in [1.54, 1.807) is 13.0 Å². The fourth-order valence-electron chi connectivity index (χ4n) is 3.05. The standard InChI is InChI=1S/C18H21N3O3/c1-13-12-17(19-24-13)20(14(2)22)11-9-18(23)21-10-5-7-15-6-3-4-8-16(15)21/h3-4,6,8,12H,5,7,9-11H2,1-2H3. The topological polar surface area (TPSA) is 66.7 Å². The first-order valence-electron chi connectivity index (χ1n) is 8.16. The van der Waals surface area contributed by atoms with Crippen LogP contribution < -0.4 is 9.80 Å². The largest absolute Gasteiger partial charge is 0.360 e. The van der Waals surface area contributed by atoms with E-state index in [4.69, 9.17) is 4.52 Å². The predicted molar refractivity (Wildman–Crippen MR) is 91.0 cm³/mol. The molecule has 0 atom stereocenters. The molecule has 0 saturated carbocycles. The van der Waals surface area contributed by atoms with E-state index >= 15 is 0 Å². The Bertz CT molecular complexity index is 753. The molecule has 0 bridgehead atoms. The lowest BCUT2D eigenvalue weighted by atomic mass is 10.0. The van der Waals surface area contributed by atoms with Crippen LogP contribution >= 0.6 is 0 Å². The zero-order valence-corrected chi connectivity index (χ0v) is 14.0. The smallest absolute Gasteiger partial charge is 0.228 e. The van der Waals surface area contributed by atoms with Crippen LogP contribution in [0.1, 0.15) is 31.1 Å². The Morgan fingerprint density at radius 2 is 2.12 bits per heavy atom. The number of nitrogens with zero attached hydrogens (tertiary/aromatic N) is 3. The molecule has 0 N–H and O–H groups in total. The van der Waals surface area contributed by atoms with Gasteiger partial charge < -0.3 is 9.42 Å². The van der Waals surface area contributed by atoms with Gasteiger partial charge in [0.2, 0.25) is 11.8 Å². The number of benzene rings is 1. The van der Waals surface area contributed by atoms with Crippen molar-refractivity contribution in [1.82, 2.24) is 5.16 Å². The van der Waals surface area contributed by atoms with Gasteiger partial charge in [0.05, 0.1) is 0 Å². The Balaban J connectivity index is 1.70. The van der Waals surface area contributed by atoms with Crippen molar-refractivity contribution >= 4 is 23.3 Å². The van der Waals surface area contributed by atoms with Crippen molar-refractivity contribution in [1.29, 1.82) is 0 Å². The van der Waals surface area contributed by atoms with E-state index in [0.29, 0.717) is 18.1 Å². The molecule has 1 aromatic heterocycles. The number of hydrogen-bond donors (Lipinski definition) is 0. The molecule has 6 nitrogen and oxygen atoms in total. The molecule has 1 aliphatic rings. The molecular weight excluding hydrogens is 306 g/mol. The van der Waals surface area contributed by atoms with Gasteiger partial charge in [0.15, 0.2) is 5.82 Å². The number of rotatable bonds is 4. The maximum Gasteiger partial charge on any atom is 0.228 e. The predicted octanol–water partition coefficient (Wildman–Crippen LogP) is 2.71. The van der Waals surface area contributed by atoms with E-state index in [1.807, 2.05) is 23.1 Å². The number of aryl methyl sites for hydroxylation is 2. The SMILES string of the molecule is CC(=O)N(CCC(=O)N1CCCc2ccccc21)c1cc(C)on1. The van der Waals surface area contributed by atoms with Gasteiger partial charge in [0.25, 0.3) is 0 Å². The molecule has 0 radical (unpaired) electrons. The minimum Gasteiger partial charge on any atom is -0.360 e. The molecule has 0 saturated heterocycles. The third-order valence-electron chi connectivity index (χ3n) is 4.23. The summed E-state index contributed by atoms with van der Waals surface area (Å²) in [6, 6.07) is 9.69. The number of para-hydroxylation sites is 1. The van der Waals surface area contributed by atoms with Crippen LogP contribution in [0.4, 0.5) is 11.5 Å². The van der Waals surface area contributed by atoms with Crippen LogP contribution in [0.5, 0.6) is 0 Å². The number of fused-ring (bicyclic) bond motifs is 1. The summed E-state index contributed by atoms with van der Waals surface area (Å²) in [5.74, 6) is 0.947. The summed E-state index contributed by atoms with van der Waals surface area (Å²) in [5.41, 5.74) is 2.19. The molecule has 2 amide bonds. The van der Waals surface area contributed by atoms with Gasteiger partial charge in [-0.15, -0.1) is 0 Å². The van der Waals surface area contributed by atoms with E-state index in [0.717, 1.165) is 25.1 Å². The quantitative estimate of drug-likeness (QED) is 0.866. The number of amides is 2. The highest BCUT2D eigenvalue weighted by molar-refractivity contribution is 5.96. The van der Waals surface area contributed by atoms with Gasteiger partial charge in [-0.3, -0.25) is 14.5 Å². The number of anilines is 2. The second kappa shape index (κ2) is 6.86. The first-order chi connectivity index (χ1) is 11.6. The minimum absolute atomic E-state index is 0.0219. The number of carbonyl (C=O) groups excluding carboxylic acids is 2. The average molecular weight is 327 g/mol. The van der Waals surface area contributed by atoms with Gasteiger partial charge in [0.1, 0.15) is 5.76 Å².